The Kier molecular flexibility index (Phi) is 11.4. The van der Waals surface area contributed by atoms with E-state index >= 15 is 0 Å². The van der Waals surface area contributed by atoms with Gasteiger partial charge in [0.1, 0.15) is 18.6 Å². The zero-order valence-corrected chi connectivity index (χ0v) is 20.9. The van der Waals surface area contributed by atoms with Gasteiger partial charge in [-0.1, -0.05) is 19.9 Å². The first-order valence-electron chi connectivity index (χ1n) is 9.23. The van der Waals surface area contributed by atoms with Gasteiger partial charge in [-0.25, -0.2) is 4.79 Å². The van der Waals surface area contributed by atoms with E-state index in [-0.39, 0.29) is 19.1 Å². The molecule has 0 heterocycles. The van der Waals surface area contributed by atoms with Gasteiger partial charge in [-0.15, -0.1) is 0 Å². The molecule has 0 bridgehead atoms. The Bertz CT molecular complexity index is 429. The van der Waals surface area contributed by atoms with Crippen molar-refractivity contribution in [3.8, 4) is 0 Å². The van der Waals surface area contributed by atoms with Gasteiger partial charge < -0.3 is 23.1 Å². The minimum Gasteiger partial charge on any atom is -0.460 e. The SMILES string of the molecule is C=C(C)C(=O)OCC(O)CO[SiH](CCC)C(O[Si](C)(C)C)O[Si](C)(C)C. The van der Waals surface area contributed by atoms with Gasteiger partial charge in [0, 0.05) is 5.57 Å². The lowest BCUT2D eigenvalue weighted by Crippen LogP contribution is -2.50. The summed E-state index contributed by atoms with van der Waals surface area (Å²) in [6.07, 6.45) is 0.0997. The normalized spacial score (nSPS) is 15.0. The molecule has 6 nitrogen and oxygen atoms in total. The van der Waals surface area contributed by atoms with Crippen LogP contribution in [0.5, 0.6) is 0 Å². The van der Waals surface area contributed by atoms with E-state index in [9.17, 15) is 9.90 Å². The number of rotatable bonds is 13. The monoisotopic (exact) mass is 422 g/mol. The zero-order chi connectivity index (χ0) is 20.5. The van der Waals surface area contributed by atoms with E-state index in [2.05, 4.69) is 52.8 Å². The van der Waals surface area contributed by atoms with E-state index in [1.807, 2.05) is 0 Å². The highest BCUT2D eigenvalue weighted by molar-refractivity contribution is 6.72. The highest BCUT2D eigenvalue weighted by Crippen LogP contribution is 2.20. The molecule has 0 fully saturated rings. The number of esters is 1. The van der Waals surface area contributed by atoms with Crippen LogP contribution in [0.2, 0.25) is 45.3 Å². The standard InChI is InChI=1S/C17H38O6Si3/c1-10-11-24(17(22-25(4,5)6)23-26(7,8)9)21-13-15(18)12-20-16(19)14(2)3/h15,17-18,24H,2,10-13H2,1,3-9H3. The van der Waals surface area contributed by atoms with Crippen molar-refractivity contribution in [1.29, 1.82) is 0 Å². The number of aliphatic hydroxyl groups excluding tert-OH is 1. The predicted octanol–water partition coefficient (Wildman–Crippen LogP) is 3.19. The molecule has 0 radical (unpaired) electrons. The van der Waals surface area contributed by atoms with Crippen molar-refractivity contribution >= 4 is 31.6 Å². The van der Waals surface area contributed by atoms with Crippen LogP contribution in [0.1, 0.15) is 20.3 Å². The second-order valence-corrected chi connectivity index (χ2v) is 20.0. The highest BCUT2D eigenvalue weighted by Gasteiger charge is 2.34. The van der Waals surface area contributed by atoms with Gasteiger partial charge in [-0.05, 0) is 52.2 Å². The fourth-order valence-electron chi connectivity index (χ4n) is 2.03. The Hall–Kier alpha value is -0.299. The Morgan fingerprint density at radius 1 is 1.08 bits per heavy atom. The third-order valence-electron chi connectivity index (χ3n) is 3.07. The summed E-state index contributed by atoms with van der Waals surface area (Å²) in [5.41, 5.74) is 0.309. The second-order valence-electron chi connectivity index (χ2n) is 8.52. The summed E-state index contributed by atoms with van der Waals surface area (Å²) in [4.78, 5) is 11.4. The van der Waals surface area contributed by atoms with Crippen LogP contribution in [-0.4, -0.2) is 62.0 Å². The van der Waals surface area contributed by atoms with Gasteiger partial charge in [-0.2, -0.15) is 0 Å². The van der Waals surface area contributed by atoms with Gasteiger partial charge in [0.05, 0.1) is 6.61 Å². The van der Waals surface area contributed by atoms with Gasteiger partial charge in [-0.3, -0.25) is 0 Å². The van der Waals surface area contributed by atoms with Crippen molar-refractivity contribution in [2.24, 2.45) is 0 Å². The van der Waals surface area contributed by atoms with E-state index in [1.165, 1.54) is 0 Å². The lowest BCUT2D eigenvalue weighted by molar-refractivity contribution is -0.142. The summed E-state index contributed by atoms with van der Waals surface area (Å²) in [6.45, 7) is 20.0. The van der Waals surface area contributed by atoms with Crippen molar-refractivity contribution < 1.29 is 27.9 Å². The number of carbonyl (C=O) groups is 1. The molecule has 0 aromatic carbocycles. The molecule has 0 aliphatic rings. The van der Waals surface area contributed by atoms with Crippen LogP contribution in [0, 0.1) is 0 Å². The highest BCUT2D eigenvalue weighted by atomic mass is 28.4. The molecule has 0 aromatic rings. The third kappa shape index (κ3) is 13.0. The summed E-state index contributed by atoms with van der Waals surface area (Å²) in [5, 5.41) is 10.1. The van der Waals surface area contributed by atoms with E-state index in [0.29, 0.717) is 5.57 Å². The molecule has 2 unspecified atom stereocenters. The first-order chi connectivity index (χ1) is 11.7. The molecule has 2 atom stereocenters. The summed E-state index contributed by atoms with van der Waals surface area (Å²) in [5.74, 6) is -0.813. The average molecular weight is 423 g/mol. The molecule has 0 rings (SSSR count). The second kappa shape index (κ2) is 11.5. The Balaban J connectivity index is 4.86. The lowest BCUT2D eigenvalue weighted by Gasteiger charge is -2.35. The number of ether oxygens (including phenoxy) is 1. The molecule has 0 amide bonds. The first-order valence-corrected chi connectivity index (χ1v) is 18.0. The van der Waals surface area contributed by atoms with Crippen molar-refractivity contribution in [2.75, 3.05) is 13.2 Å². The van der Waals surface area contributed by atoms with Crippen LogP contribution in [0.25, 0.3) is 0 Å². The van der Waals surface area contributed by atoms with E-state index in [4.69, 9.17) is 18.0 Å². The van der Waals surface area contributed by atoms with Crippen LogP contribution in [0.15, 0.2) is 12.2 Å². The number of hydrogen-bond acceptors (Lipinski definition) is 6. The Labute approximate surface area is 162 Å². The molecule has 154 valence electrons. The molecule has 1 N–H and O–H groups in total. The predicted molar refractivity (Wildman–Crippen MR) is 113 cm³/mol. The van der Waals surface area contributed by atoms with E-state index < -0.39 is 37.7 Å². The number of aliphatic hydroxyl groups is 1. The smallest absolute Gasteiger partial charge is 0.333 e. The molecule has 0 saturated heterocycles. The van der Waals surface area contributed by atoms with Crippen molar-refractivity contribution in [2.45, 2.75) is 77.6 Å². The fourth-order valence-corrected chi connectivity index (χ4v) is 8.92. The molecule has 9 heteroatoms. The van der Waals surface area contributed by atoms with Crippen LogP contribution in [-0.2, 0) is 22.8 Å². The largest absolute Gasteiger partial charge is 0.460 e. The van der Waals surface area contributed by atoms with Crippen molar-refractivity contribution in [3.63, 3.8) is 0 Å². The van der Waals surface area contributed by atoms with Crippen LogP contribution >= 0.6 is 0 Å². The van der Waals surface area contributed by atoms with Crippen LogP contribution in [0.4, 0.5) is 0 Å². The fraction of sp³-hybridized carbons (Fsp3) is 0.824. The van der Waals surface area contributed by atoms with Crippen LogP contribution in [0.3, 0.4) is 0 Å². The Morgan fingerprint density at radius 2 is 1.58 bits per heavy atom. The maximum Gasteiger partial charge on any atom is 0.333 e. The number of carbonyl (C=O) groups excluding carboxylic acids is 1. The molecule has 0 aliphatic heterocycles. The molecular formula is C17H38O6Si3. The van der Waals surface area contributed by atoms with Crippen LogP contribution < -0.4 is 0 Å². The topological polar surface area (TPSA) is 74.2 Å². The summed E-state index contributed by atoms with van der Waals surface area (Å²) in [7, 11) is -5.47. The number of hydrogen-bond donors (Lipinski definition) is 1. The molecule has 0 saturated carbocycles. The van der Waals surface area contributed by atoms with Gasteiger partial charge in [0.25, 0.3) is 0 Å². The summed E-state index contributed by atoms with van der Waals surface area (Å²) < 4.78 is 23.6. The molecule has 0 spiro atoms. The van der Waals surface area contributed by atoms with Gasteiger partial charge in [0.15, 0.2) is 16.6 Å². The summed E-state index contributed by atoms with van der Waals surface area (Å²) >= 11 is 0. The van der Waals surface area contributed by atoms with Gasteiger partial charge >= 0.3 is 5.97 Å². The molecular weight excluding hydrogens is 384 g/mol. The molecule has 26 heavy (non-hydrogen) atoms. The molecule has 0 aromatic heterocycles. The van der Waals surface area contributed by atoms with E-state index in [0.717, 1.165) is 12.5 Å². The zero-order valence-electron chi connectivity index (χ0n) is 17.8. The first kappa shape index (κ1) is 25.7. The average Bonchev–Trinajstić information content (AvgIpc) is 2.45. The minimum absolute atomic E-state index is 0.104. The maximum atomic E-state index is 11.4. The summed E-state index contributed by atoms with van der Waals surface area (Å²) in [6, 6.07) is 0.901. The Morgan fingerprint density at radius 3 is 1.96 bits per heavy atom. The van der Waals surface area contributed by atoms with Crippen molar-refractivity contribution in [3.05, 3.63) is 12.2 Å². The van der Waals surface area contributed by atoms with E-state index in [1.54, 1.807) is 6.92 Å². The van der Waals surface area contributed by atoms with Crippen molar-refractivity contribution in [1.82, 2.24) is 0 Å². The maximum absolute atomic E-state index is 11.4. The van der Waals surface area contributed by atoms with Gasteiger partial charge in [0.2, 0.25) is 9.04 Å². The third-order valence-corrected chi connectivity index (χ3v) is 8.14. The molecule has 0 aliphatic carbocycles. The lowest BCUT2D eigenvalue weighted by atomic mass is 10.3. The minimum atomic E-state index is -1.87. The quantitative estimate of drug-likeness (QED) is 0.213.